The number of benzene rings is 1. The highest BCUT2D eigenvalue weighted by atomic mass is 15.1. The summed E-state index contributed by atoms with van der Waals surface area (Å²) in [6, 6.07) is 5.24. The summed E-state index contributed by atoms with van der Waals surface area (Å²) in [6.45, 7) is 7.37. The Labute approximate surface area is 101 Å². The fraction of sp³-hybridized carbons (Fsp3) is 0.462. The van der Waals surface area contributed by atoms with Crippen LogP contribution in [0, 0.1) is 0 Å². The minimum atomic E-state index is 0.389. The third-order valence-electron chi connectivity index (χ3n) is 3.46. The van der Waals surface area contributed by atoms with Gasteiger partial charge in [-0.2, -0.15) is 0 Å². The summed E-state index contributed by atoms with van der Waals surface area (Å²) < 4.78 is 2.21. The van der Waals surface area contributed by atoms with Gasteiger partial charge in [0.2, 0.25) is 0 Å². The van der Waals surface area contributed by atoms with Gasteiger partial charge in [0, 0.05) is 17.8 Å². The van der Waals surface area contributed by atoms with Crippen molar-refractivity contribution >= 4 is 16.7 Å². The molecule has 2 N–H and O–H groups in total. The summed E-state index contributed by atoms with van der Waals surface area (Å²) >= 11 is 0. The quantitative estimate of drug-likeness (QED) is 0.791. The number of fused-ring (bicyclic) bond motifs is 2. The van der Waals surface area contributed by atoms with Crippen LogP contribution in [0.3, 0.4) is 0 Å². The van der Waals surface area contributed by atoms with Crippen LogP contribution in [0.4, 0.5) is 5.69 Å². The average molecular weight is 230 g/mol. The Morgan fingerprint density at radius 2 is 2.24 bits per heavy atom. The molecule has 1 aromatic heterocycles. The van der Waals surface area contributed by atoms with Gasteiger partial charge in [0.1, 0.15) is 0 Å². The second-order valence-corrected chi connectivity index (χ2v) is 4.95. The molecule has 0 bridgehead atoms. The highest BCUT2D eigenvalue weighted by molar-refractivity contribution is 5.82. The van der Waals surface area contributed by atoms with Crippen molar-refractivity contribution in [1.82, 2.24) is 14.9 Å². The maximum Gasteiger partial charge on any atom is 0.0960 e. The Morgan fingerprint density at radius 3 is 3.00 bits per heavy atom. The van der Waals surface area contributed by atoms with E-state index >= 15 is 0 Å². The number of nitrogens with one attached hydrogen (secondary N) is 2. The standard InChI is InChI=1S/C13H18N4/c1-8(2)17-7-16-12-4-10-9(3)14-6-15-11(10)5-13(12)17/h4-5,7-9,14-15H,6H2,1-3H3. The van der Waals surface area contributed by atoms with Crippen molar-refractivity contribution in [3.63, 3.8) is 0 Å². The zero-order valence-corrected chi connectivity index (χ0v) is 10.5. The van der Waals surface area contributed by atoms with Gasteiger partial charge in [0.05, 0.1) is 24.0 Å². The summed E-state index contributed by atoms with van der Waals surface area (Å²) in [5.74, 6) is 0. The molecule has 4 nitrogen and oxygen atoms in total. The Morgan fingerprint density at radius 1 is 1.41 bits per heavy atom. The molecule has 3 rings (SSSR count). The third-order valence-corrected chi connectivity index (χ3v) is 3.46. The van der Waals surface area contributed by atoms with Crippen LogP contribution < -0.4 is 10.6 Å². The number of hydrogen-bond acceptors (Lipinski definition) is 3. The zero-order valence-electron chi connectivity index (χ0n) is 10.5. The van der Waals surface area contributed by atoms with Gasteiger partial charge in [0.25, 0.3) is 0 Å². The van der Waals surface area contributed by atoms with Crippen LogP contribution in [0.25, 0.3) is 11.0 Å². The molecule has 0 saturated heterocycles. The van der Waals surface area contributed by atoms with Crippen molar-refractivity contribution in [1.29, 1.82) is 0 Å². The van der Waals surface area contributed by atoms with Gasteiger partial charge in [-0.25, -0.2) is 4.98 Å². The first-order valence-electron chi connectivity index (χ1n) is 6.14. The van der Waals surface area contributed by atoms with Gasteiger partial charge in [-0.15, -0.1) is 0 Å². The first-order chi connectivity index (χ1) is 8.16. The maximum absolute atomic E-state index is 4.49. The van der Waals surface area contributed by atoms with Gasteiger partial charge in [-0.05, 0) is 38.5 Å². The van der Waals surface area contributed by atoms with Gasteiger partial charge in [-0.3, -0.25) is 5.32 Å². The fourth-order valence-electron chi connectivity index (χ4n) is 2.42. The van der Waals surface area contributed by atoms with Crippen LogP contribution in [-0.4, -0.2) is 16.2 Å². The van der Waals surface area contributed by atoms with Crippen LogP contribution in [0.1, 0.15) is 38.4 Å². The van der Waals surface area contributed by atoms with E-state index < -0.39 is 0 Å². The molecule has 0 aliphatic carbocycles. The van der Waals surface area contributed by atoms with Crippen LogP contribution in [0.15, 0.2) is 18.5 Å². The lowest BCUT2D eigenvalue weighted by Gasteiger charge is -2.25. The van der Waals surface area contributed by atoms with E-state index in [1.165, 1.54) is 16.8 Å². The van der Waals surface area contributed by atoms with Gasteiger partial charge >= 0.3 is 0 Å². The third kappa shape index (κ3) is 1.60. The van der Waals surface area contributed by atoms with Crippen LogP contribution in [-0.2, 0) is 0 Å². The van der Waals surface area contributed by atoms with Crippen molar-refractivity contribution in [3.8, 4) is 0 Å². The molecule has 0 amide bonds. The Balaban J connectivity index is 2.22. The fourth-order valence-corrected chi connectivity index (χ4v) is 2.42. The van der Waals surface area contributed by atoms with E-state index in [2.05, 4.69) is 53.1 Å². The Hall–Kier alpha value is -1.55. The van der Waals surface area contributed by atoms with E-state index in [0.717, 1.165) is 12.2 Å². The van der Waals surface area contributed by atoms with Gasteiger partial charge < -0.3 is 9.88 Å². The van der Waals surface area contributed by atoms with Crippen molar-refractivity contribution in [2.24, 2.45) is 0 Å². The van der Waals surface area contributed by atoms with E-state index in [4.69, 9.17) is 0 Å². The second kappa shape index (κ2) is 3.74. The minimum Gasteiger partial charge on any atom is -0.372 e. The molecule has 1 aromatic carbocycles. The molecule has 2 aromatic rings. The Bertz CT molecular complexity index is 556. The normalized spacial score (nSPS) is 19.4. The van der Waals surface area contributed by atoms with E-state index in [9.17, 15) is 0 Å². The molecule has 1 aliphatic rings. The monoisotopic (exact) mass is 230 g/mol. The predicted octanol–water partition coefficient (Wildman–Crippen LogP) is 2.65. The molecule has 0 fully saturated rings. The lowest BCUT2D eigenvalue weighted by Crippen LogP contribution is -2.31. The van der Waals surface area contributed by atoms with Crippen LogP contribution in [0.5, 0.6) is 0 Å². The topological polar surface area (TPSA) is 41.9 Å². The smallest absolute Gasteiger partial charge is 0.0960 e. The molecular weight excluding hydrogens is 212 g/mol. The van der Waals surface area contributed by atoms with Crippen LogP contribution >= 0.6 is 0 Å². The molecule has 17 heavy (non-hydrogen) atoms. The van der Waals surface area contributed by atoms with E-state index in [1.807, 2.05) is 6.33 Å². The van der Waals surface area contributed by atoms with E-state index in [-0.39, 0.29) is 0 Å². The summed E-state index contributed by atoms with van der Waals surface area (Å²) in [5.41, 5.74) is 4.82. The molecule has 0 spiro atoms. The number of anilines is 1. The average Bonchev–Trinajstić information content (AvgIpc) is 2.70. The number of hydrogen-bond donors (Lipinski definition) is 2. The van der Waals surface area contributed by atoms with Crippen molar-refractivity contribution in [3.05, 3.63) is 24.0 Å². The maximum atomic E-state index is 4.49. The molecule has 90 valence electrons. The molecule has 0 radical (unpaired) electrons. The second-order valence-electron chi connectivity index (χ2n) is 4.95. The molecular formula is C13H18N4. The summed E-state index contributed by atoms with van der Waals surface area (Å²) in [7, 11) is 0. The van der Waals surface area contributed by atoms with Crippen LogP contribution in [0.2, 0.25) is 0 Å². The van der Waals surface area contributed by atoms with Gasteiger partial charge in [-0.1, -0.05) is 0 Å². The lowest BCUT2D eigenvalue weighted by atomic mass is 10.0. The largest absolute Gasteiger partial charge is 0.372 e. The molecule has 1 aliphatic heterocycles. The number of nitrogens with zero attached hydrogens (tertiary/aromatic N) is 2. The van der Waals surface area contributed by atoms with E-state index in [1.54, 1.807) is 0 Å². The predicted molar refractivity (Wildman–Crippen MR) is 70.2 cm³/mol. The lowest BCUT2D eigenvalue weighted by molar-refractivity contribution is 0.584. The number of aromatic nitrogens is 2. The number of imidazole rings is 1. The minimum absolute atomic E-state index is 0.389. The summed E-state index contributed by atoms with van der Waals surface area (Å²) in [5, 5.41) is 6.78. The first kappa shape index (κ1) is 10.6. The molecule has 2 heterocycles. The van der Waals surface area contributed by atoms with Crippen molar-refractivity contribution < 1.29 is 0 Å². The van der Waals surface area contributed by atoms with Crippen molar-refractivity contribution in [2.75, 3.05) is 12.0 Å². The highest BCUT2D eigenvalue weighted by Crippen LogP contribution is 2.31. The number of rotatable bonds is 1. The molecule has 0 saturated carbocycles. The zero-order chi connectivity index (χ0) is 12.0. The summed E-state index contributed by atoms with van der Waals surface area (Å²) in [6.07, 6.45) is 1.93. The van der Waals surface area contributed by atoms with Crippen molar-refractivity contribution in [2.45, 2.75) is 32.9 Å². The first-order valence-corrected chi connectivity index (χ1v) is 6.14. The Kier molecular flexibility index (Phi) is 2.33. The SMILES string of the molecule is CC1NCNc2cc3c(cc21)ncn3C(C)C. The van der Waals surface area contributed by atoms with E-state index in [0.29, 0.717) is 12.1 Å². The highest BCUT2D eigenvalue weighted by Gasteiger charge is 2.17. The van der Waals surface area contributed by atoms with Gasteiger partial charge in [0.15, 0.2) is 0 Å². The summed E-state index contributed by atoms with van der Waals surface area (Å²) in [4.78, 5) is 4.49. The molecule has 1 atom stereocenters. The molecule has 1 unspecified atom stereocenters. The molecule has 4 heteroatoms.